The smallest absolute Gasteiger partial charge is 0.329 e. The van der Waals surface area contributed by atoms with Crippen LogP contribution in [0.15, 0.2) is 35.1 Å². The van der Waals surface area contributed by atoms with E-state index < -0.39 is 17.4 Å². The van der Waals surface area contributed by atoms with Crippen LogP contribution in [-0.2, 0) is 13.6 Å². The summed E-state index contributed by atoms with van der Waals surface area (Å²) in [5, 5.41) is 10.6. The van der Waals surface area contributed by atoms with Crippen molar-refractivity contribution in [3.63, 3.8) is 0 Å². The number of anilines is 1. The van der Waals surface area contributed by atoms with Crippen molar-refractivity contribution in [2.24, 2.45) is 7.05 Å². The Morgan fingerprint density at radius 1 is 1.14 bits per heavy atom. The number of benzene rings is 1. The molecule has 0 radical (unpaired) electrons. The van der Waals surface area contributed by atoms with Gasteiger partial charge in [-0.15, -0.1) is 0 Å². The number of halogens is 3. The Morgan fingerprint density at radius 3 is 2.43 bits per heavy atom. The minimum atomic E-state index is -0.651. The van der Waals surface area contributed by atoms with Crippen LogP contribution in [0.1, 0.15) is 13.3 Å². The summed E-state index contributed by atoms with van der Waals surface area (Å²) in [5.41, 5.74) is -0.0776. The van der Waals surface area contributed by atoms with Gasteiger partial charge in [0, 0.05) is 50.8 Å². The molecule has 1 aliphatic rings. The molecule has 1 unspecified atom stereocenters. The van der Waals surface area contributed by atoms with Crippen LogP contribution in [-0.4, -0.2) is 74.5 Å². The number of nitrogens with zero attached hydrogens (tertiary/aromatic N) is 5. The van der Waals surface area contributed by atoms with Crippen LogP contribution in [0, 0.1) is 0 Å². The van der Waals surface area contributed by atoms with E-state index in [-0.39, 0.29) is 6.61 Å². The molecule has 2 aromatic heterocycles. The number of nitrogens with one attached hydrogen (secondary N) is 1. The molecule has 3 heterocycles. The average Bonchev–Trinajstić information content (AvgIpc) is 3.17. The fraction of sp³-hybridized carbons (Fsp3) is 0.500. The molecule has 4 rings (SSSR count). The second-order valence-corrected chi connectivity index (χ2v) is 11.1. The molecule has 1 aliphatic heterocycles. The van der Waals surface area contributed by atoms with Crippen LogP contribution < -0.4 is 20.9 Å². The van der Waals surface area contributed by atoms with Crippen molar-refractivity contribution < 1.29 is 9.84 Å². The summed E-state index contributed by atoms with van der Waals surface area (Å²) < 4.78 is 11.6. The minimum Gasteiger partial charge on any atom is -0.488 e. The number of fused-ring (bicyclic) bond motifs is 1. The molecule has 0 aliphatic carbocycles. The van der Waals surface area contributed by atoms with Crippen molar-refractivity contribution in [3.8, 4) is 5.75 Å². The summed E-state index contributed by atoms with van der Waals surface area (Å²) in [6.07, 6.45) is 0.180. The van der Waals surface area contributed by atoms with E-state index >= 15 is 0 Å². The lowest BCUT2D eigenvalue weighted by atomic mass is 10.2. The molecule has 1 saturated heterocycles. The standard InChI is InChI=1S/C22H27Br3N6O4/c1-3-4-31-17-19(28(2)22(34)27-20(17)33)26-21(31)30-7-5-29(6-8-30)11-14(32)12-35-18-15(24)9-13(23)10-16(18)25/h9-10,14,32H,3-8,11-12H2,1-2H3,(H,27,33,34). The molecule has 0 saturated carbocycles. The first-order valence-electron chi connectivity index (χ1n) is 11.3. The topological polar surface area (TPSA) is 109 Å². The first kappa shape index (κ1) is 26.4. The summed E-state index contributed by atoms with van der Waals surface area (Å²) in [6, 6.07) is 3.78. The van der Waals surface area contributed by atoms with E-state index in [0.29, 0.717) is 49.0 Å². The Bertz CT molecular complexity index is 1310. The number of aromatic amines is 1. The molecule has 1 aromatic carbocycles. The zero-order chi connectivity index (χ0) is 25.3. The molecule has 35 heavy (non-hydrogen) atoms. The fourth-order valence-corrected chi connectivity index (χ4v) is 6.72. The van der Waals surface area contributed by atoms with E-state index in [1.165, 1.54) is 4.57 Å². The largest absolute Gasteiger partial charge is 0.488 e. The van der Waals surface area contributed by atoms with E-state index in [1.807, 2.05) is 23.6 Å². The van der Waals surface area contributed by atoms with Crippen LogP contribution in [0.2, 0.25) is 0 Å². The summed E-state index contributed by atoms with van der Waals surface area (Å²) in [7, 11) is 1.61. The predicted octanol–water partition coefficient (Wildman–Crippen LogP) is 2.68. The molecule has 13 heteroatoms. The Morgan fingerprint density at radius 2 is 1.80 bits per heavy atom. The Balaban J connectivity index is 1.40. The number of piperazine rings is 1. The van der Waals surface area contributed by atoms with Crippen LogP contribution in [0.25, 0.3) is 11.2 Å². The first-order valence-corrected chi connectivity index (χ1v) is 13.7. The number of imidazole rings is 1. The molecule has 3 aromatic rings. The average molecular weight is 679 g/mol. The number of H-pyrrole nitrogens is 1. The van der Waals surface area contributed by atoms with Gasteiger partial charge in [0.25, 0.3) is 5.56 Å². The van der Waals surface area contributed by atoms with Gasteiger partial charge in [-0.25, -0.2) is 4.79 Å². The zero-order valence-corrected chi connectivity index (χ0v) is 24.2. The van der Waals surface area contributed by atoms with Gasteiger partial charge in [0.15, 0.2) is 11.2 Å². The van der Waals surface area contributed by atoms with Gasteiger partial charge in [0.1, 0.15) is 18.5 Å². The zero-order valence-electron chi connectivity index (χ0n) is 19.4. The summed E-state index contributed by atoms with van der Waals surface area (Å²) in [6.45, 7) is 6.16. The second kappa shape index (κ2) is 11.2. The summed E-state index contributed by atoms with van der Waals surface area (Å²) >= 11 is 10.4. The number of aliphatic hydroxyl groups is 1. The monoisotopic (exact) mass is 676 g/mol. The Labute approximate surface area is 227 Å². The number of aliphatic hydroxyl groups excluding tert-OH is 1. The van der Waals surface area contributed by atoms with Gasteiger partial charge in [-0.2, -0.15) is 4.98 Å². The SMILES string of the molecule is CCCn1c(N2CCN(CC(O)COc3c(Br)cc(Br)cc3Br)CC2)nc2c1c(=O)[nH]c(=O)n2C. The van der Waals surface area contributed by atoms with E-state index in [0.717, 1.165) is 32.9 Å². The van der Waals surface area contributed by atoms with Crippen molar-refractivity contribution >= 4 is 64.9 Å². The third-order valence-corrected chi connectivity index (χ3v) is 7.58. The molecule has 0 bridgehead atoms. The molecule has 10 nitrogen and oxygen atoms in total. The maximum Gasteiger partial charge on any atom is 0.329 e. The van der Waals surface area contributed by atoms with Gasteiger partial charge >= 0.3 is 5.69 Å². The molecule has 0 spiro atoms. The third kappa shape index (κ3) is 5.68. The number of aromatic nitrogens is 4. The van der Waals surface area contributed by atoms with Gasteiger partial charge < -0.3 is 19.3 Å². The number of rotatable bonds is 8. The van der Waals surface area contributed by atoms with E-state index in [1.54, 1.807) is 7.05 Å². The lowest BCUT2D eigenvalue weighted by Crippen LogP contribution is -2.50. The number of aryl methyl sites for hydroxylation is 2. The fourth-order valence-electron chi connectivity index (χ4n) is 4.23. The highest BCUT2D eigenvalue weighted by atomic mass is 79.9. The number of hydrogen-bond donors (Lipinski definition) is 2. The number of ether oxygens (including phenoxy) is 1. The highest BCUT2D eigenvalue weighted by Crippen LogP contribution is 2.36. The molecular weight excluding hydrogens is 652 g/mol. The van der Waals surface area contributed by atoms with E-state index in [9.17, 15) is 14.7 Å². The second-order valence-electron chi connectivity index (χ2n) is 8.50. The summed E-state index contributed by atoms with van der Waals surface area (Å²) in [4.78, 5) is 36.0. The van der Waals surface area contributed by atoms with Crippen molar-refractivity contribution in [1.82, 2.24) is 24.0 Å². The normalized spacial score (nSPS) is 15.7. The maximum absolute atomic E-state index is 12.5. The van der Waals surface area contributed by atoms with E-state index in [2.05, 4.69) is 67.6 Å². The van der Waals surface area contributed by atoms with Crippen molar-refractivity contribution in [2.45, 2.75) is 26.0 Å². The molecule has 0 amide bonds. The molecule has 1 fully saturated rings. The molecule has 190 valence electrons. The van der Waals surface area contributed by atoms with Crippen LogP contribution >= 0.6 is 47.8 Å². The highest BCUT2D eigenvalue weighted by molar-refractivity contribution is 9.11. The number of hydrogen-bond acceptors (Lipinski definition) is 7. The van der Waals surface area contributed by atoms with Crippen LogP contribution in [0.4, 0.5) is 5.95 Å². The summed E-state index contributed by atoms with van der Waals surface area (Å²) in [5.74, 6) is 1.35. The minimum absolute atomic E-state index is 0.169. The number of β-amino-alcohol motifs (C(OH)–C–C–N with tert-alkyl or cyclic N) is 1. The van der Waals surface area contributed by atoms with Gasteiger partial charge in [-0.05, 0) is 50.4 Å². The quantitative estimate of drug-likeness (QED) is 0.377. The van der Waals surface area contributed by atoms with Gasteiger partial charge in [-0.1, -0.05) is 22.9 Å². The maximum atomic E-state index is 12.5. The third-order valence-electron chi connectivity index (χ3n) is 5.94. The lowest BCUT2D eigenvalue weighted by Gasteiger charge is -2.36. The molecule has 1 atom stereocenters. The van der Waals surface area contributed by atoms with Crippen LogP contribution in [0.3, 0.4) is 0 Å². The van der Waals surface area contributed by atoms with Crippen LogP contribution in [0.5, 0.6) is 5.75 Å². The van der Waals surface area contributed by atoms with E-state index in [4.69, 9.17) is 4.74 Å². The van der Waals surface area contributed by atoms with Gasteiger partial charge in [0.05, 0.1) is 8.95 Å². The molecule has 2 N–H and O–H groups in total. The van der Waals surface area contributed by atoms with Crippen molar-refractivity contribution in [1.29, 1.82) is 0 Å². The van der Waals surface area contributed by atoms with Gasteiger partial charge in [0.2, 0.25) is 5.95 Å². The van der Waals surface area contributed by atoms with Crippen molar-refractivity contribution in [2.75, 3.05) is 44.2 Å². The Hall–Kier alpha value is -1.67. The Kier molecular flexibility index (Phi) is 8.41. The van der Waals surface area contributed by atoms with Gasteiger partial charge in [-0.3, -0.25) is 19.2 Å². The lowest BCUT2D eigenvalue weighted by molar-refractivity contribution is 0.0656. The van der Waals surface area contributed by atoms with Crippen molar-refractivity contribution in [3.05, 3.63) is 46.4 Å². The first-order chi connectivity index (χ1) is 16.7. The predicted molar refractivity (Wildman–Crippen MR) is 146 cm³/mol. The molecular formula is C22H27Br3N6O4. The highest BCUT2D eigenvalue weighted by Gasteiger charge is 2.25.